The van der Waals surface area contributed by atoms with Crippen LogP contribution in [0.1, 0.15) is 42.8 Å². The fourth-order valence-corrected chi connectivity index (χ4v) is 5.03. The summed E-state index contributed by atoms with van der Waals surface area (Å²) in [6, 6.07) is 0.609. The number of rotatable bonds is 5. The molecule has 2 fully saturated rings. The first-order chi connectivity index (χ1) is 12.8. The molecule has 0 spiro atoms. The number of aryl methyl sites for hydroxylation is 2. The molecule has 2 saturated heterocycles. The molecule has 0 radical (unpaired) electrons. The van der Waals surface area contributed by atoms with Crippen molar-refractivity contribution in [2.75, 3.05) is 50.9 Å². The zero-order valence-corrected chi connectivity index (χ0v) is 16.0. The van der Waals surface area contributed by atoms with Crippen LogP contribution in [0, 0.1) is 12.8 Å². The Kier molecular flexibility index (Phi) is 5.72. The number of nitrogens with zero attached hydrogens (tertiary/aromatic N) is 4. The number of fused-ring (bicyclic) bond motifs is 1. The second-order valence-electron chi connectivity index (χ2n) is 7.95. The van der Waals surface area contributed by atoms with E-state index in [1.165, 1.54) is 29.9 Å². The number of aliphatic hydroxyl groups is 1. The van der Waals surface area contributed by atoms with Crippen molar-refractivity contribution in [3.05, 3.63) is 17.1 Å². The predicted molar refractivity (Wildman–Crippen MR) is 102 cm³/mol. The van der Waals surface area contributed by atoms with Crippen molar-refractivity contribution < 1.29 is 9.84 Å². The van der Waals surface area contributed by atoms with E-state index in [-0.39, 0.29) is 6.61 Å². The Morgan fingerprint density at radius 2 is 2.00 bits per heavy atom. The molecule has 1 aromatic rings. The van der Waals surface area contributed by atoms with E-state index in [1.807, 2.05) is 6.92 Å². The molecule has 0 saturated carbocycles. The van der Waals surface area contributed by atoms with Crippen LogP contribution in [0.25, 0.3) is 0 Å². The molecule has 0 bridgehead atoms. The molecular formula is C20H32N4O2. The summed E-state index contributed by atoms with van der Waals surface area (Å²) >= 11 is 0. The average Bonchev–Trinajstić information content (AvgIpc) is 3.14. The summed E-state index contributed by atoms with van der Waals surface area (Å²) in [7, 11) is 0. The number of aliphatic hydroxyl groups excluding tert-OH is 1. The maximum atomic E-state index is 9.37. The van der Waals surface area contributed by atoms with Crippen molar-refractivity contribution in [3.63, 3.8) is 0 Å². The Hall–Kier alpha value is -1.24. The standard InChI is InChI=1S/C20H32N4O2/c1-15-21-18-6-2-5-17(18)20(22-15)24-8-7-19(16(14-24)4-3-11-25)23-9-12-26-13-10-23/h16,19,25H,2-14H2,1H3. The predicted octanol–water partition coefficient (Wildman–Crippen LogP) is 1.57. The summed E-state index contributed by atoms with van der Waals surface area (Å²) in [5, 5.41) is 9.37. The number of hydrogen-bond acceptors (Lipinski definition) is 6. The number of morpholine rings is 1. The molecule has 26 heavy (non-hydrogen) atoms. The topological polar surface area (TPSA) is 61.7 Å². The van der Waals surface area contributed by atoms with Crippen LogP contribution >= 0.6 is 0 Å². The van der Waals surface area contributed by atoms with Gasteiger partial charge in [0.05, 0.1) is 13.2 Å². The lowest BCUT2D eigenvalue weighted by Gasteiger charge is -2.46. The van der Waals surface area contributed by atoms with Gasteiger partial charge in [0, 0.05) is 50.1 Å². The molecular weight excluding hydrogens is 328 g/mol. The van der Waals surface area contributed by atoms with E-state index >= 15 is 0 Å². The van der Waals surface area contributed by atoms with Gasteiger partial charge in [0.1, 0.15) is 11.6 Å². The van der Waals surface area contributed by atoms with Crippen molar-refractivity contribution in [2.45, 2.75) is 51.5 Å². The smallest absolute Gasteiger partial charge is 0.135 e. The van der Waals surface area contributed by atoms with Gasteiger partial charge in [-0.1, -0.05) is 0 Å². The van der Waals surface area contributed by atoms with Gasteiger partial charge in [-0.05, 0) is 51.4 Å². The Labute approximate surface area is 156 Å². The SMILES string of the molecule is Cc1nc2c(c(N3CCC(N4CCOCC4)C(CCCO)C3)n1)CCC2. The van der Waals surface area contributed by atoms with Gasteiger partial charge in [0.25, 0.3) is 0 Å². The minimum atomic E-state index is 0.286. The molecule has 144 valence electrons. The third kappa shape index (κ3) is 3.73. The number of anilines is 1. The van der Waals surface area contributed by atoms with Gasteiger partial charge in [0.15, 0.2) is 0 Å². The zero-order valence-electron chi connectivity index (χ0n) is 16.0. The quantitative estimate of drug-likeness (QED) is 0.860. The summed E-state index contributed by atoms with van der Waals surface area (Å²) < 4.78 is 5.55. The van der Waals surface area contributed by atoms with E-state index in [9.17, 15) is 5.11 Å². The highest BCUT2D eigenvalue weighted by Crippen LogP contribution is 2.34. The molecule has 1 aliphatic carbocycles. The molecule has 2 atom stereocenters. The van der Waals surface area contributed by atoms with E-state index in [4.69, 9.17) is 9.72 Å². The van der Waals surface area contributed by atoms with Crippen molar-refractivity contribution in [1.82, 2.24) is 14.9 Å². The first-order valence-corrected chi connectivity index (χ1v) is 10.3. The highest BCUT2D eigenvalue weighted by Gasteiger charge is 2.35. The molecule has 2 unspecified atom stereocenters. The molecule has 6 heteroatoms. The van der Waals surface area contributed by atoms with Crippen LogP contribution < -0.4 is 4.90 Å². The first kappa shape index (κ1) is 18.1. The summed E-state index contributed by atoms with van der Waals surface area (Å²) in [6.45, 7) is 8.22. The van der Waals surface area contributed by atoms with E-state index < -0.39 is 0 Å². The van der Waals surface area contributed by atoms with Gasteiger partial charge in [-0.15, -0.1) is 0 Å². The summed E-state index contributed by atoms with van der Waals surface area (Å²) in [5.74, 6) is 2.68. The third-order valence-corrected chi connectivity index (χ3v) is 6.26. The molecule has 6 nitrogen and oxygen atoms in total. The number of piperidine rings is 1. The highest BCUT2D eigenvalue weighted by atomic mass is 16.5. The van der Waals surface area contributed by atoms with Crippen molar-refractivity contribution in [1.29, 1.82) is 0 Å². The lowest BCUT2D eigenvalue weighted by Crippen LogP contribution is -2.54. The largest absolute Gasteiger partial charge is 0.396 e. The van der Waals surface area contributed by atoms with E-state index in [1.54, 1.807) is 0 Å². The van der Waals surface area contributed by atoms with E-state index in [0.29, 0.717) is 12.0 Å². The molecule has 4 rings (SSSR count). The molecule has 0 amide bonds. The van der Waals surface area contributed by atoms with E-state index in [2.05, 4.69) is 14.8 Å². The summed E-state index contributed by atoms with van der Waals surface area (Å²) in [5.41, 5.74) is 2.66. The minimum Gasteiger partial charge on any atom is -0.396 e. The van der Waals surface area contributed by atoms with Crippen LogP contribution in [-0.2, 0) is 17.6 Å². The number of hydrogen-bond donors (Lipinski definition) is 1. The van der Waals surface area contributed by atoms with Crippen LogP contribution in [0.15, 0.2) is 0 Å². The number of aromatic nitrogens is 2. The first-order valence-electron chi connectivity index (χ1n) is 10.3. The highest BCUT2D eigenvalue weighted by molar-refractivity contribution is 5.51. The maximum absolute atomic E-state index is 9.37. The monoisotopic (exact) mass is 360 g/mol. The Balaban J connectivity index is 1.53. The average molecular weight is 361 g/mol. The van der Waals surface area contributed by atoms with Crippen molar-refractivity contribution in [3.8, 4) is 0 Å². The van der Waals surface area contributed by atoms with Gasteiger partial charge in [-0.3, -0.25) is 4.90 Å². The second-order valence-corrected chi connectivity index (χ2v) is 7.95. The fraction of sp³-hybridized carbons (Fsp3) is 0.800. The van der Waals surface area contributed by atoms with Gasteiger partial charge in [-0.2, -0.15) is 0 Å². The zero-order chi connectivity index (χ0) is 17.9. The molecule has 1 N–H and O–H groups in total. The van der Waals surface area contributed by atoms with E-state index in [0.717, 1.165) is 70.9 Å². The Morgan fingerprint density at radius 1 is 1.15 bits per heavy atom. The minimum absolute atomic E-state index is 0.286. The summed E-state index contributed by atoms with van der Waals surface area (Å²) in [6.07, 6.45) is 6.58. The Bertz CT molecular complexity index is 618. The van der Waals surface area contributed by atoms with Gasteiger partial charge < -0.3 is 14.7 Å². The second kappa shape index (κ2) is 8.19. The van der Waals surface area contributed by atoms with Crippen LogP contribution in [0.4, 0.5) is 5.82 Å². The van der Waals surface area contributed by atoms with Gasteiger partial charge in [0.2, 0.25) is 0 Å². The van der Waals surface area contributed by atoms with Crippen molar-refractivity contribution in [2.24, 2.45) is 5.92 Å². The molecule has 2 aliphatic heterocycles. The van der Waals surface area contributed by atoms with Gasteiger partial charge >= 0.3 is 0 Å². The fourth-order valence-electron chi connectivity index (χ4n) is 5.03. The third-order valence-electron chi connectivity index (χ3n) is 6.26. The van der Waals surface area contributed by atoms with Crippen LogP contribution in [-0.4, -0.2) is 72.0 Å². The maximum Gasteiger partial charge on any atom is 0.135 e. The lowest BCUT2D eigenvalue weighted by atomic mass is 9.86. The molecule has 1 aromatic heterocycles. The van der Waals surface area contributed by atoms with Crippen LogP contribution in [0.5, 0.6) is 0 Å². The van der Waals surface area contributed by atoms with Crippen LogP contribution in [0.3, 0.4) is 0 Å². The Morgan fingerprint density at radius 3 is 2.81 bits per heavy atom. The molecule has 0 aromatic carbocycles. The van der Waals surface area contributed by atoms with Gasteiger partial charge in [-0.25, -0.2) is 9.97 Å². The lowest BCUT2D eigenvalue weighted by molar-refractivity contribution is -0.00416. The molecule has 3 aliphatic rings. The van der Waals surface area contributed by atoms with Crippen molar-refractivity contribution >= 4 is 5.82 Å². The normalized spacial score (nSPS) is 26.9. The van der Waals surface area contributed by atoms with Crippen LogP contribution in [0.2, 0.25) is 0 Å². The molecule has 3 heterocycles. The summed E-state index contributed by atoms with van der Waals surface area (Å²) in [4.78, 5) is 14.7. The number of ether oxygens (including phenoxy) is 1.